The van der Waals surface area contributed by atoms with Crippen molar-refractivity contribution in [2.24, 2.45) is 11.3 Å². The van der Waals surface area contributed by atoms with Crippen molar-refractivity contribution < 1.29 is 14.0 Å². The zero-order chi connectivity index (χ0) is 19.7. The molecule has 0 N–H and O–H groups in total. The van der Waals surface area contributed by atoms with Gasteiger partial charge in [-0.2, -0.15) is 0 Å². The second kappa shape index (κ2) is 7.46. The fraction of sp³-hybridized carbons (Fsp3) is 0.435. The molecule has 2 aliphatic rings. The molecule has 2 aromatic rings. The van der Waals surface area contributed by atoms with E-state index in [-0.39, 0.29) is 23.0 Å². The smallest absolute Gasteiger partial charge is 0.234 e. The van der Waals surface area contributed by atoms with Gasteiger partial charge in [-0.15, -0.1) is 0 Å². The molecular formula is C23H25FN2O2. The maximum atomic E-state index is 13.4. The summed E-state index contributed by atoms with van der Waals surface area (Å²) in [5.74, 6) is 0.606. The topological polar surface area (TPSA) is 50.3 Å². The summed E-state index contributed by atoms with van der Waals surface area (Å²) < 4.78 is 13.4. The SMILES string of the molecule is Cc1cccc(N2CC[C@@]3(CCC[C@H](CC(=O)c4cccc(F)c4)C3)C2=O)n1. The van der Waals surface area contributed by atoms with Gasteiger partial charge in [-0.05, 0) is 62.8 Å². The number of aryl methyl sites for hydroxylation is 1. The van der Waals surface area contributed by atoms with Crippen LogP contribution in [0.2, 0.25) is 0 Å². The average molecular weight is 380 g/mol. The second-order valence-corrected chi connectivity index (χ2v) is 8.22. The van der Waals surface area contributed by atoms with Crippen LogP contribution in [0.5, 0.6) is 0 Å². The molecule has 1 amide bonds. The molecule has 1 saturated carbocycles. The number of hydrogen-bond donors (Lipinski definition) is 0. The molecule has 1 aromatic heterocycles. The molecule has 0 bridgehead atoms. The van der Waals surface area contributed by atoms with Gasteiger partial charge in [-0.3, -0.25) is 14.5 Å². The fourth-order valence-corrected chi connectivity index (χ4v) is 4.84. The molecule has 2 heterocycles. The predicted molar refractivity (Wildman–Crippen MR) is 106 cm³/mol. The van der Waals surface area contributed by atoms with Crippen molar-refractivity contribution in [1.29, 1.82) is 0 Å². The summed E-state index contributed by atoms with van der Waals surface area (Å²) in [6.07, 6.45) is 4.68. The van der Waals surface area contributed by atoms with Crippen LogP contribution >= 0.6 is 0 Å². The number of Topliss-reactive ketones (excluding diaryl/α,β-unsaturated/α-hetero) is 1. The van der Waals surface area contributed by atoms with E-state index < -0.39 is 5.82 Å². The van der Waals surface area contributed by atoms with Crippen molar-refractivity contribution in [3.8, 4) is 0 Å². The molecular weight excluding hydrogens is 355 g/mol. The first-order chi connectivity index (χ1) is 13.5. The van der Waals surface area contributed by atoms with Crippen LogP contribution in [-0.4, -0.2) is 23.2 Å². The van der Waals surface area contributed by atoms with Crippen molar-refractivity contribution in [2.45, 2.75) is 45.4 Å². The number of benzene rings is 1. The standard InChI is InChI=1S/C23H25FN2O2/c1-16-5-2-9-21(25-16)26-12-11-23(22(26)28)10-4-6-17(15-23)13-20(27)18-7-3-8-19(24)14-18/h2-3,5,7-9,14,17H,4,6,10-13,15H2,1H3/t17-,23-/m1/s1. The summed E-state index contributed by atoms with van der Waals surface area (Å²) in [6.45, 7) is 2.61. The lowest BCUT2D eigenvalue weighted by Crippen LogP contribution is -2.39. The van der Waals surface area contributed by atoms with Gasteiger partial charge in [0.25, 0.3) is 0 Å². The second-order valence-electron chi connectivity index (χ2n) is 8.22. The summed E-state index contributed by atoms with van der Waals surface area (Å²) in [4.78, 5) is 32.2. The van der Waals surface area contributed by atoms with Crippen LogP contribution in [0.4, 0.5) is 10.2 Å². The van der Waals surface area contributed by atoms with Gasteiger partial charge in [0.1, 0.15) is 11.6 Å². The fourth-order valence-electron chi connectivity index (χ4n) is 4.84. The number of ketones is 1. The molecule has 5 heteroatoms. The highest BCUT2D eigenvalue weighted by Gasteiger charge is 2.49. The van der Waals surface area contributed by atoms with Gasteiger partial charge in [-0.25, -0.2) is 9.37 Å². The van der Waals surface area contributed by atoms with Crippen molar-refractivity contribution in [3.63, 3.8) is 0 Å². The van der Waals surface area contributed by atoms with E-state index in [0.717, 1.165) is 43.6 Å². The molecule has 4 rings (SSSR count). The minimum atomic E-state index is -0.391. The lowest BCUT2D eigenvalue weighted by Gasteiger charge is -2.36. The number of anilines is 1. The minimum Gasteiger partial charge on any atom is -0.296 e. The Hall–Kier alpha value is -2.56. The van der Waals surface area contributed by atoms with Gasteiger partial charge in [0.2, 0.25) is 5.91 Å². The first-order valence-corrected chi connectivity index (χ1v) is 10.0. The van der Waals surface area contributed by atoms with E-state index in [4.69, 9.17) is 0 Å². The van der Waals surface area contributed by atoms with Crippen molar-refractivity contribution in [2.75, 3.05) is 11.4 Å². The number of carbonyl (C=O) groups excluding carboxylic acids is 2. The van der Waals surface area contributed by atoms with Gasteiger partial charge in [0.05, 0.1) is 5.41 Å². The molecule has 1 aliphatic carbocycles. The van der Waals surface area contributed by atoms with E-state index in [1.807, 2.05) is 30.0 Å². The Morgan fingerprint density at radius 3 is 2.86 bits per heavy atom. The van der Waals surface area contributed by atoms with E-state index in [2.05, 4.69) is 4.98 Å². The van der Waals surface area contributed by atoms with E-state index in [1.54, 1.807) is 12.1 Å². The van der Waals surface area contributed by atoms with Crippen LogP contribution < -0.4 is 4.90 Å². The van der Waals surface area contributed by atoms with E-state index >= 15 is 0 Å². The van der Waals surface area contributed by atoms with Crippen LogP contribution in [0.25, 0.3) is 0 Å². The Morgan fingerprint density at radius 1 is 1.25 bits per heavy atom. The molecule has 1 spiro atoms. The third-order valence-electron chi connectivity index (χ3n) is 6.23. The molecule has 28 heavy (non-hydrogen) atoms. The van der Waals surface area contributed by atoms with Crippen molar-refractivity contribution in [1.82, 2.24) is 4.98 Å². The molecule has 0 radical (unpaired) electrons. The van der Waals surface area contributed by atoms with Crippen LogP contribution in [0.3, 0.4) is 0 Å². The van der Waals surface area contributed by atoms with Gasteiger partial charge in [-0.1, -0.05) is 24.6 Å². The van der Waals surface area contributed by atoms with E-state index in [9.17, 15) is 14.0 Å². The highest BCUT2D eigenvalue weighted by Crippen LogP contribution is 2.48. The summed E-state index contributed by atoms with van der Waals surface area (Å²) in [5, 5.41) is 0. The molecule has 0 unspecified atom stereocenters. The van der Waals surface area contributed by atoms with Gasteiger partial charge >= 0.3 is 0 Å². The average Bonchev–Trinajstić information content (AvgIpc) is 2.97. The number of pyridine rings is 1. The normalized spacial score (nSPS) is 24.7. The summed E-state index contributed by atoms with van der Waals surface area (Å²) in [7, 11) is 0. The number of hydrogen-bond acceptors (Lipinski definition) is 3. The van der Waals surface area contributed by atoms with Crippen LogP contribution in [0.1, 0.15) is 54.6 Å². The summed E-state index contributed by atoms with van der Waals surface area (Å²) in [6, 6.07) is 11.6. The van der Waals surface area contributed by atoms with Crippen LogP contribution in [-0.2, 0) is 4.79 Å². The van der Waals surface area contributed by atoms with E-state index in [0.29, 0.717) is 18.5 Å². The predicted octanol–water partition coefficient (Wildman–Crippen LogP) is 4.72. The molecule has 2 atom stereocenters. The third-order valence-corrected chi connectivity index (χ3v) is 6.23. The third kappa shape index (κ3) is 3.58. The van der Waals surface area contributed by atoms with Crippen molar-refractivity contribution >= 4 is 17.5 Å². The monoisotopic (exact) mass is 380 g/mol. The minimum absolute atomic E-state index is 0.0378. The largest absolute Gasteiger partial charge is 0.296 e. The Kier molecular flexibility index (Phi) is 5.00. The first kappa shape index (κ1) is 18.8. The Morgan fingerprint density at radius 2 is 2.07 bits per heavy atom. The molecule has 1 aliphatic heterocycles. The lowest BCUT2D eigenvalue weighted by atomic mass is 9.67. The van der Waals surface area contributed by atoms with Crippen molar-refractivity contribution in [3.05, 3.63) is 59.5 Å². The molecule has 1 saturated heterocycles. The molecule has 146 valence electrons. The first-order valence-electron chi connectivity index (χ1n) is 10.0. The van der Waals surface area contributed by atoms with Gasteiger partial charge < -0.3 is 0 Å². The lowest BCUT2D eigenvalue weighted by molar-refractivity contribution is -0.128. The highest BCUT2D eigenvalue weighted by molar-refractivity contribution is 5.99. The zero-order valence-corrected chi connectivity index (χ0v) is 16.2. The Bertz CT molecular complexity index is 913. The number of aromatic nitrogens is 1. The number of rotatable bonds is 4. The number of nitrogens with zero attached hydrogens (tertiary/aromatic N) is 2. The highest BCUT2D eigenvalue weighted by atomic mass is 19.1. The molecule has 1 aromatic carbocycles. The summed E-state index contributed by atoms with van der Waals surface area (Å²) >= 11 is 0. The number of halogens is 1. The van der Waals surface area contributed by atoms with Gasteiger partial charge in [0, 0.05) is 24.2 Å². The Balaban J connectivity index is 1.47. The van der Waals surface area contributed by atoms with E-state index in [1.165, 1.54) is 12.1 Å². The van der Waals surface area contributed by atoms with Crippen LogP contribution in [0.15, 0.2) is 42.5 Å². The number of amides is 1. The number of carbonyl (C=O) groups is 2. The summed E-state index contributed by atoms with van der Waals surface area (Å²) in [5.41, 5.74) is 0.938. The maximum absolute atomic E-state index is 13.4. The molecule has 2 fully saturated rings. The maximum Gasteiger partial charge on any atom is 0.234 e. The van der Waals surface area contributed by atoms with Gasteiger partial charge in [0.15, 0.2) is 5.78 Å². The Labute approximate surface area is 164 Å². The quantitative estimate of drug-likeness (QED) is 0.722. The molecule has 4 nitrogen and oxygen atoms in total. The zero-order valence-electron chi connectivity index (χ0n) is 16.2. The van der Waals surface area contributed by atoms with Crippen LogP contribution in [0, 0.1) is 24.1 Å².